The van der Waals surface area contributed by atoms with Crippen LogP contribution in [0.15, 0.2) is 41.3 Å². The highest BCUT2D eigenvalue weighted by atomic mass is 35.5. The summed E-state index contributed by atoms with van der Waals surface area (Å²) >= 11 is 6.02. The van der Waals surface area contributed by atoms with E-state index >= 15 is 0 Å². The molecule has 2 aromatic carbocycles. The Hall–Kier alpha value is -2.62. The molecule has 0 aromatic heterocycles. The second-order valence-electron chi connectivity index (χ2n) is 6.93. The van der Waals surface area contributed by atoms with Crippen molar-refractivity contribution in [3.63, 3.8) is 0 Å². The molecule has 0 saturated heterocycles. The average molecular weight is 454 g/mol. The maximum Gasteiger partial charge on any atom is 0.276 e. The van der Waals surface area contributed by atoms with Gasteiger partial charge in [-0.1, -0.05) is 29.8 Å². The summed E-state index contributed by atoms with van der Waals surface area (Å²) in [6, 6.07) is 9.02. The Labute approximate surface area is 181 Å². The SMILES string of the molecule is Cc1cccc(C)c1OCC(=O)NNC(=O)c1cc(S(=O)(=O)NC(C)C)ccc1Cl. The van der Waals surface area contributed by atoms with Gasteiger partial charge in [-0.05, 0) is 57.0 Å². The summed E-state index contributed by atoms with van der Waals surface area (Å²) in [5, 5.41) is 0.0389. The molecule has 3 N–H and O–H groups in total. The molecule has 0 radical (unpaired) electrons. The van der Waals surface area contributed by atoms with Gasteiger partial charge in [-0.2, -0.15) is 0 Å². The van der Waals surface area contributed by atoms with Gasteiger partial charge in [0.1, 0.15) is 5.75 Å². The normalized spacial score (nSPS) is 11.3. The predicted octanol–water partition coefficient (Wildman–Crippen LogP) is 2.48. The van der Waals surface area contributed by atoms with Gasteiger partial charge in [-0.3, -0.25) is 20.4 Å². The molecule has 8 nitrogen and oxygen atoms in total. The standard InChI is InChI=1S/C20H24ClN3O5S/c1-12(2)24-30(27,28)15-8-9-17(21)16(10-15)20(26)23-22-18(25)11-29-19-13(3)6-5-7-14(19)4/h5-10,12,24H,11H2,1-4H3,(H,22,25)(H,23,26). The summed E-state index contributed by atoms with van der Waals surface area (Å²) in [7, 11) is -3.81. The van der Waals surface area contributed by atoms with Gasteiger partial charge in [0.15, 0.2) is 6.61 Å². The van der Waals surface area contributed by atoms with Gasteiger partial charge < -0.3 is 4.74 Å². The minimum absolute atomic E-state index is 0.0389. The van der Waals surface area contributed by atoms with Crippen LogP contribution in [0.25, 0.3) is 0 Å². The van der Waals surface area contributed by atoms with Gasteiger partial charge in [-0.25, -0.2) is 13.1 Å². The fraction of sp³-hybridized carbons (Fsp3) is 0.300. The largest absolute Gasteiger partial charge is 0.483 e. The smallest absolute Gasteiger partial charge is 0.276 e. The third-order valence-corrected chi connectivity index (χ3v) is 5.94. The van der Waals surface area contributed by atoms with Crippen LogP contribution in [0.2, 0.25) is 5.02 Å². The van der Waals surface area contributed by atoms with E-state index in [4.69, 9.17) is 16.3 Å². The molecule has 162 valence electrons. The van der Waals surface area contributed by atoms with Gasteiger partial charge in [0.05, 0.1) is 15.5 Å². The predicted molar refractivity (Wildman–Crippen MR) is 114 cm³/mol. The van der Waals surface area contributed by atoms with Gasteiger partial charge >= 0.3 is 0 Å². The monoisotopic (exact) mass is 453 g/mol. The number of hydrazine groups is 1. The van der Waals surface area contributed by atoms with E-state index in [0.717, 1.165) is 17.2 Å². The Morgan fingerprint density at radius 1 is 1.07 bits per heavy atom. The molecule has 0 heterocycles. The van der Waals surface area contributed by atoms with E-state index in [1.807, 2.05) is 32.0 Å². The molecular weight excluding hydrogens is 430 g/mol. The lowest BCUT2D eigenvalue weighted by Gasteiger charge is -2.13. The fourth-order valence-corrected chi connectivity index (χ4v) is 4.10. The summed E-state index contributed by atoms with van der Waals surface area (Å²) in [5.74, 6) is -0.757. The first-order chi connectivity index (χ1) is 14.0. The van der Waals surface area contributed by atoms with Gasteiger partial charge in [0.2, 0.25) is 10.0 Å². The number of rotatable bonds is 7. The molecule has 2 rings (SSSR count). The van der Waals surface area contributed by atoms with Gasteiger partial charge in [-0.15, -0.1) is 0 Å². The summed E-state index contributed by atoms with van der Waals surface area (Å²) in [6.07, 6.45) is 0. The third-order valence-electron chi connectivity index (χ3n) is 3.96. The number of ether oxygens (including phenoxy) is 1. The van der Waals surface area contributed by atoms with Crippen LogP contribution in [-0.2, 0) is 14.8 Å². The Morgan fingerprint density at radius 3 is 2.30 bits per heavy atom. The highest BCUT2D eigenvalue weighted by Crippen LogP contribution is 2.22. The van der Waals surface area contributed by atoms with E-state index < -0.39 is 21.8 Å². The Morgan fingerprint density at radius 2 is 1.70 bits per heavy atom. The molecule has 0 spiro atoms. The van der Waals surface area contributed by atoms with Crippen LogP contribution in [0.3, 0.4) is 0 Å². The first-order valence-electron chi connectivity index (χ1n) is 9.11. The van der Waals surface area contributed by atoms with Crippen molar-refractivity contribution >= 4 is 33.4 Å². The summed E-state index contributed by atoms with van der Waals surface area (Å²) < 4.78 is 32.5. The minimum atomic E-state index is -3.81. The topological polar surface area (TPSA) is 114 Å². The first kappa shape index (κ1) is 23.7. The quantitative estimate of drug-likeness (QED) is 0.557. The zero-order chi connectivity index (χ0) is 22.5. The zero-order valence-corrected chi connectivity index (χ0v) is 18.6. The molecule has 0 aliphatic rings. The lowest BCUT2D eigenvalue weighted by molar-refractivity contribution is -0.123. The van der Waals surface area contributed by atoms with E-state index in [-0.39, 0.29) is 28.1 Å². The number of halogens is 1. The van der Waals surface area contributed by atoms with Crippen molar-refractivity contribution in [2.24, 2.45) is 0 Å². The molecular formula is C20H24ClN3O5S. The Bertz CT molecular complexity index is 1030. The number of hydrogen-bond donors (Lipinski definition) is 3. The number of carbonyl (C=O) groups is 2. The van der Waals surface area contributed by atoms with Crippen LogP contribution >= 0.6 is 11.6 Å². The second kappa shape index (κ2) is 9.92. The van der Waals surface area contributed by atoms with Crippen molar-refractivity contribution in [3.05, 3.63) is 58.1 Å². The molecule has 0 bridgehead atoms. The molecule has 10 heteroatoms. The van der Waals surface area contributed by atoms with Crippen molar-refractivity contribution < 1.29 is 22.7 Å². The van der Waals surface area contributed by atoms with Crippen LogP contribution in [-0.4, -0.2) is 32.9 Å². The summed E-state index contributed by atoms with van der Waals surface area (Å²) in [5.41, 5.74) is 6.09. The molecule has 0 saturated carbocycles. The average Bonchev–Trinajstić information content (AvgIpc) is 2.65. The number of para-hydroxylation sites is 1. The van der Waals surface area contributed by atoms with E-state index in [1.54, 1.807) is 13.8 Å². The highest BCUT2D eigenvalue weighted by molar-refractivity contribution is 7.89. The molecule has 2 amide bonds. The number of aryl methyl sites for hydroxylation is 2. The fourth-order valence-electron chi connectivity index (χ4n) is 2.62. The van der Waals surface area contributed by atoms with E-state index in [0.29, 0.717) is 5.75 Å². The lowest BCUT2D eigenvalue weighted by atomic mass is 10.1. The minimum Gasteiger partial charge on any atom is -0.483 e. The molecule has 0 unspecified atom stereocenters. The number of nitrogens with one attached hydrogen (secondary N) is 3. The van der Waals surface area contributed by atoms with Crippen LogP contribution in [0, 0.1) is 13.8 Å². The van der Waals surface area contributed by atoms with Gasteiger partial charge in [0.25, 0.3) is 11.8 Å². The highest BCUT2D eigenvalue weighted by Gasteiger charge is 2.20. The molecule has 0 aliphatic carbocycles. The molecule has 0 fully saturated rings. The number of amides is 2. The number of hydrogen-bond acceptors (Lipinski definition) is 5. The zero-order valence-electron chi connectivity index (χ0n) is 17.1. The van der Waals surface area contributed by atoms with Crippen molar-refractivity contribution in [3.8, 4) is 5.75 Å². The van der Waals surface area contributed by atoms with E-state index in [9.17, 15) is 18.0 Å². The summed E-state index contributed by atoms with van der Waals surface area (Å²) in [6.45, 7) is 6.76. The van der Waals surface area contributed by atoms with Crippen LogP contribution in [0.1, 0.15) is 35.3 Å². The molecule has 2 aromatic rings. The van der Waals surface area contributed by atoms with Crippen molar-refractivity contribution in [1.29, 1.82) is 0 Å². The maximum atomic E-state index is 12.4. The number of carbonyl (C=O) groups excluding carboxylic acids is 2. The Kier molecular flexibility index (Phi) is 7.83. The molecule has 0 aliphatic heterocycles. The van der Waals surface area contributed by atoms with E-state index in [2.05, 4.69) is 15.6 Å². The Balaban J connectivity index is 2.02. The van der Waals surface area contributed by atoms with Crippen molar-refractivity contribution in [2.75, 3.05) is 6.61 Å². The van der Waals surface area contributed by atoms with Gasteiger partial charge in [0, 0.05) is 6.04 Å². The maximum absolute atomic E-state index is 12.4. The lowest BCUT2D eigenvalue weighted by Crippen LogP contribution is -2.44. The second-order valence-corrected chi connectivity index (χ2v) is 9.05. The van der Waals surface area contributed by atoms with Crippen LogP contribution < -0.4 is 20.3 Å². The number of sulfonamides is 1. The van der Waals surface area contributed by atoms with Crippen LogP contribution in [0.4, 0.5) is 0 Å². The molecule has 30 heavy (non-hydrogen) atoms. The summed E-state index contributed by atoms with van der Waals surface area (Å²) in [4.78, 5) is 24.3. The first-order valence-corrected chi connectivity index (χ1v) is 11.0. The van der Waals surface area contributed by atoms with Crippen molar-refractivity contribution in [2.45, 2.75) is 38.6 Å². The molecule has 0 atom stereocenters. The van der Waals surface area contributed by atoms with Crippen molar-refractivity contribution in [1.82, 2.24) is 15.6 Å². The van der Waals surface area contributed by atoms with Crippen LogP contribution in [0.5, 0.6) is 5.75 Å². The number of benzene rings is 2. The van der Waals surface area contributed by atoms with E-state index in [1.165, 1.54) is 12.1 Å². The third kappa shape index (κ3) is 6.19.